The summed E-state index contributed by atoms with van der Waals surface area (Å²) in [4.78, 5) is 34.8. The highest BCUT2D eigenvalue weighted by Gasteiger charge is 2.25. The molecule has 0 bridgehead atoms. The predicted molar refractivity (Wildman–Crippen MR) is 230 cm³/mol. The molecule has 0 aromatic heterocycles. The van der Waals surface area contributed by atoms with Gasteiger partial charge in [0.15, 0.2) is 6.10 Å². The molecule has 11 heteroatoms. The van der Waals surface area contributed by atoms with E-state index in [4.69, 9.17) is 24.3 Å². The van der Waals surface area contributed by atoms with Crippen molar-refractivity contribution in [2.45, 2.75) is 135 Å². The number of hydrogen-bond donors (Lipinski definition) is 3. The van der Waals surface area contributed by atoms with Gasteiger partial charge in [0, 0.05) is 19.4 Å². The first-order valence-electron chi connectivity index (χ1n) is 20.5. The monoisotopic (exact) mass is 801 g/mol. The molecule has 0 heterocycles. The van der Waals surface area contributed by atoms with Crippen molar-refractivity contribution in [2.75, 3.05) is 26.4 Å². The van der Waals surface area contributed by atoms with Gasteiger partial charge in [0.1, 0.15) is 6.61 Å². The first kappa shape index (κ1) is 52.6. The van der Waals surface area contributed by atoms with Gasteiger partial charge in [-0.05, 0) is 83.5 Å². The molecule has 56 heavy (non-hydrogen) atoms. The molecule has 0 aliphatic rings. The Morgan fingerprint density at radius 2 is 1.21 bits per heavy atom. The summed E-state index contributed by atoms with van der Waals surface area (Å²) in [5.74, 6) is -1.07. The average Bonchev–Trinajstić information content (AvgIpc) is 3.18. The molecule has 0 aliphatic carbocycles. The smallest absolute Gasteiger partial charge is 0.462 e. The van der Waals surface area contributed by atoms with E-state index in [9.17, 15) is 24.2 Å². The topological polar surface area (TPSA) is 155 Å². The van der Waals surface area contributed by atoms with Crippen LogP contribution in [0.3, 0.4) is 0 Å². The van der Waals surface area contributed by atoms with Crippen LogP contribution in [0.25, 0.3) is 0 Å². The zero-order valence-electron chi connectivity index (χ0n) is 34.2. The summed E-state index contributed by atoms with van der Waals surface area (Å²) in [5.41, 5.74) is 5.33. The highest BCUT2D eigenvalue weighted by molar-refractivity contribution is 7.47. The van der Waals surface area contributed by atoms with E-state index < -0.39 is 38.6 Å². The predicted octanol–water partition coefficient (Wildman–Crippen LogP) is 10.6. The Kier molecular flexibility index (Phi) is 37.5. The first-order chi connectivity index (χ1) is 27.2. The first-order valence-corrected chi connectivity index (χ1v) is 22.0. The molecule has 0 amide bonds. The van der Waals surface area contributed by atoms with E-state index in [1.54, 1.807) is 18.2 Å². The van der Waals surface area contributed by atoms with Gasteiger partial charge in [0.2, 0.25) is 0 Å². The fourth-order valence-electron chi connectivity index (χ4n) is 4.69. The number of hydrogen-bond acceptors (Lipinski definition) is 9. The van der Waals surface area contributed by atoms with Gasteiger partial charge in [0.25, 0.3) is 0 Å². The highest BCUT2D eigenvalue weighted by Crippen LogP contribution is 2.43. The van der Waals surface area contributed by atoms with E-state index in [-0.39, 0.29) is 32.6 Å². The Hall–Kier alpha value is -3.37. The summed E-state index contributed by atoms with van der Waals surface area (Å²) >= 11 is 0. The van der Waals surface area contributed by atoms with Crippen LogP contribution >= 0.6 is 7.82 Å². The molecule has 0 radical (unpaired) electrons. The van der Waals surface area contributed by atoms with Gasteiger partial charge in [-0.1, -0.05) is 136 Å². The lowest BCUT2D eigenvalue weighted by Crippen LogP contribution is -2.29. The zero-order chi connectivity index (χ0) is 41.2. The van der Waals surface area contributed by atoms with Gasteiger partial charge in [-0.15, -0.1) is 0 Å². The van der Waals surface area contributed by atoms with Crippen molar-refractivity contribution >= 4 is 19.8 Å². The molecule has 0 saturated carbocycles. The SMILES string of the molecule is CC/C=C\C/C=C\C/C=C\C/C=C\C=C/C(O)C/C=C\CCC(=O)OC[C@H](COP(=O)(O)OCCN)OC(=O)CCCC/C=C\C/C=C\C/C=C\CCCCC. The van der Waals surface area contributed by atoms with Gasteiger partial charge in [-0.3, -0.25) is 18.6 Å². The standard InChI is InChI=1S/C45H72NO9P/c1-3-5-7-9-11-13-15-17-18-20-22-24-26-28-32-37-45(49)55-43(41-54-56(50,51)53-39-38-46)40-52-44(48)36-33-29-31-35-42(47)34-30-27-25-23-21-19-16-14-12-10-8-6-4-2/h6,8,11-14,17-19,21-22,24-25,27,29-31,34,42-43,47H,3-5,7,9-10,15-16,20,23,26,28,32-33,35-41,46H2,1-2H3,(H,50,51)/b8-6-,13-11-,14-12-,18-17-,21-19-,24-22-,27-25-,31-29-,34-30-/t42?,43-/m1/s1. The van der Waals surface area contributed by atoms with Crippen LogP contribution in [-0.2, 0) is 32.7 Å². The molecule has 0 saturated heterocycles. The average molecular weight is 802 g/mol. The summed E-state index contributed by atoms with van der Waals surface area (Å²) in [7, 11) is -4.43. The van der Waals surface area contributed by atoms with E-state index in [1.807, 2.05) is 18.2 Å². The lowest BCUT2D eigenvalue weighted by molar-refractivity contribution is -0.161. The number of esters is 2. The molecule has 0 aromatic carbocycles. The number of carbonyl (C=O) groups is 2. The third-order valence-electron chi connectivity index (χ3n) is 7.74. The molecule has 0 fully saturated rings. The van der Waals surface area contributed by atoms with Crippen LogP contribution in [0, 0.1) is 0 Å². The minimum Gasteiger partial charge on any atom is -0.462 e. The molecular weight excluding hydrogens is 729 g/mol. The number of aliphatic hydroxyl groups excluding tert-OH is 1. The van der Waals surface area contributed by atoms with Crippen molar-refractivity contribution in [1.29, 1.82) is 0 Å². The Labute approximate surface area is 338 Å². The van der Waals surface area contributed by atoms with Gasteiger partial charge >= 0.3 is 19.8 Å². The second kappa shape index (κ2) is 39.8. The number of phosphoric ester groups is 1. The number of unbranched alkanes of at least 4 members (excludes halogenated alkanes) is 5. The summed E-state index contributed by atoms with van der Waals surface area (Å²) in [6.45, 7) is 3.30. The van der Waals surface area contributed by atoms with Crippen LogP contribution < -0.4 is 5.73 Å². The van der Waals surface area contributed by atoms with E-state index >= 15 is 0 Å². The minimum absolute atomic E-state index is 0.0167. The van der Waals surface area contributed by atoms with Crippen molar-refractivity contribution < 1.29 is 42.7 Å². The molecule has 0 spiro atoms. The van der Waals surface area contributed by atoms with Crippen LogP contribution in [0.4, 0.5) is 0 Å². The molecular formula is C45H72NO9P. The maximum absolute atomic E-state index is 12.5. The Morgan fingerprint density at radius 3 is 1.82 bits per heavy atom. The van der Waals surface area contributed by atoms with Crippen LogP contribution in [0.1, 0.15) is 123 Å². The molecule has 0 aromatic rings. The highest BCUT2D eigenvalue weighted by atomic mass is 31.2. The van der Waals surface area contributed by atoms with E-state index in [1.165, 1.54) is 19.3 Å². The van der Waals surface area contributed by atoms with Crippen molar-refractivity contribution in [2.24, 2.45) is 5.73 Å². The normalized spacial score (nSPS) is 15.0. The number of ether oxygens (including phenoxy) is 2. The molecule has 0 rings (SSSR count). The largest absolute Gasteiger partial charge is 0.472 e. The molecule has 10 nitrogen and oxygen atoms in total. The van der Waals surface area contributed by atoms with E-state index in [2.05, 4.69) is 86.8 Å². The van der Waals surface area contributed by atoms with Crippen LogP contribution in [0.5, 0.6) is 0 Å². The fourth-order valence-corrected chi connectivity index (χ4v) is 5.45. The van der Waals surface area contributed by atoms with Crippen molar-refractivity contribution in [3.8, 4) is 0 Å². The number of carbonyl (C=O) groups excluding carboxylic acids is 2. The maximum atomic E-state index is 12.5. The summed E-state index contributed by atoms with van der Waals surface area (Å²) in [6, 6.07) is 0. The molecule has 3 atom stereocenters. The molecule has 4 N–H and O–H groups in total. The molecule has 316 valence electrons. The number of rotatable bonds is 36. The second-order valence-corrected chi connectivity index (χ2v) is 14.4. The third-order valence-corrected chi connectivity index (χ3v) is 8.72. The van der Waals surface area contributed by atoms with Crippen molar-refractivity contribution in [1.82, 2.24) is 0 Å². The van der Waals surface area contributed by atoms with Gasteiger partial charge in [-0.2, -0.15) is 0 Å². The van der Waals surface area contributed by atoms with Crippen molar-refractivity contribution in [3.05, 3.63) is 109 Å². The van der Waals surface area contributed by atoms with Crippen molar-refractivity contribution in [3.63, 3.8) is 0 Å². The molecule has 2 unspecified atom stereocenters. The number of aliphatic hydroxyl groups is 1. The minimum atomic E-state index is -4.43. The number of allylic oxidation sites excluding steroid dienone is 16. The number of nitrogens with two attached hydrogens (primary N) is 1. The lowest BCUT2D eigenvalue weighted by atomic mass is 10.1. The van der Waals surface area contributed by atoms with E-state index in [0.29, 0.717) is 19.3 Å². The summed E-state index contributed by atoms with van der Waals surface area (Å²) in [6.07, 6.45) is 48.7. The Balaban J connectivity index is 4.50. The van der Waals surface area contributed by atoms with Crippen LogP contribution in [-0.4, -0.2) is 60.5 Å². The Bertz CT molecular complexity index is 1300. The van der Waals surface area contributed by atoms with Crippen LogP contribution in [0.2, 0.25) is 0 Å². The lowest BCUT2D eigenvalue weighted by Gasteiger charge is -2.19. The summed E-state index contributed by atoms with van der Waals surface area (Å²) < 4.78 is 32.5. The number of phosphoric acid groups is 1. The second-order valence-electron chi connectivity index (χ2n) is 13.0. The van der Waals surface area contributed by atoms with Gasteiger partial charge in [-0.25, -0.2) is 4.57 Å². The van der Waals surface area contributed by atoms with Gasteiger partial charge in [0.05, 0.1) is 19.3 Å². The van der Waals surface area contributed by atoms with Gasteiger partial charge < -0.3 is 25.2 Å². The maximum Gasteiger partial charge on any atom is 0.472 e. The molecule has 0 aliphatic heterocycles. The van der Waals surface area contributed by atoms with Crippen LogP contribution in [0.15, 0.2) is 109 Å². The van der Waals surface area contributed by atoms with E-state index in [0.717, 1.165) is 57.8 Å². The third kappa shape index (κ3) is 38.9. The summed E-state index contributed by atoms with van der Waals surface area (Å²) in [5, 5.41) is 10.2. The quantitative estimate of drug-likeness (QED) is 0.0183. The zero-order valence-corrected chi connectivity index (χ0v) is 35.1. The Morgan fingerprint density at radius 1 is 0.643 bits per heavy atom. The fraction of sp³-hybridized carbons (Fsp3) is 0.556.